The van der Waals surface area contributed by atoms with Gasteiger partial charge in [0.2, 0.25) is 0 Å². The number of pyridine rings is 1. The van der Waals surface area contributed by atoms with Gasteiger partial charge in [0, 0.05) is 12.7 Å². The van der Waals surface area contributed by atoms with E-state index in [-0.39, 0.29) is 6.10 Å². The highest BCUT2D eigenvalue weighted by atomic mass is 19.4. The third-order valence-electron chi connectivity index (χ3n) is 3.33. The number of hydrogen-bond donors (Lipinski definition) is 0. The number of ether oxygens (including phenoxy) is 1. The molecule has 2 aromatic rings. The standard InChI is InChI=1S/C14H13F3N2O2/c15-14(16,17)10-3-4-13(18-8-10)19-5-7-21-12(9-19)11-2-1-6-20-11/h1-4,6,8,12H,5,7,9H2. The molecule has 3 heterocycles. The van der Waals surface area contributed by atoms with Crippen molar-refractivity contribution in [3.63, 3.8) is 0 Å². The van der Waals surface area contributed by atoms with Gasteiger partial charge in [-0.25, -0.2) is 4.98 Å². The van der Waals surface area contributed by atoms with Crippen LogP contribution in [-0.4, -0.2) is 24.7 Å². The minimum Gasteiger partial charge on any atom is -0.467 e. The summed E-state index contributed by atoms with van der Waals surface area (Å²) in [5, 5.41) is 0. The molecular formula is C14H13F3N2O2. The average molecular weight is 298 g/mol. The molecule has 7 heteroatoms. The molecule has 0 saturated carbocycles. The van der Waals surface area contributed by atoms with Gasteiger partial charge in [-0.05, 0) is 24.3 Å². The number of nitrogens with zero attached hydrogens (tertiary/aromatic N) is 2. The zero-order chi connectivity index (χ0) is 14.9. The van der Waals surface area contributed by atoms with Crippen LogP contribution >= 0.6 is 0 Å². The number of alkyl halides is 3. The molecule has 1 saturated heterocycles. The summed E-state index contributed by atoms with van der Waals surface area (Å²) in [4.78, 5) is 5.79. The zero-order valence-corrected chi connectivity index (χ0v) is 11.0. The molecule has 0 amide bonds. The Bertz CT molecular complexity index is 581. The van der Waals surface area contributed by atoms with Crippen molar-refractivity contribution in [1.82, 2.24) is 4.98 Å². The summed E-state index contributed by atoms with van der Waals surface area (Å²) in [5.41, 5.74) is -0.748. The van der Waals surface area contributed by atoms with Crippen LogP contribution in [0.4, 0.5) is 19.0 Å². The maximum absolute atomic E-state index is 12.5. The molecule has 1 aliphatic rings. The zero-order valence-electron chi connectivity index (χ0n) is 11.0. The Labute approximate surface area is 119 Å². The van der Waals surface area contributed by atoms with Crippen molar-refractivity contribution in [1.29, 1.82) is 0 Å². The molecule has 1 aliphatic heterocycles. The van der Waals surface area contributed by atoms with Gasteiger partial charge in [0.1, 0.15) is 17.7 Å². The SMILES string of the molecule is FC(F)(F)c1ccc(N2CCOC(c3ccco3)C2)nc1. The molecule has 0 radical (unpaired) electrons. The Hall–Kier alpha value is -2.02. The molecule has 1 fully saturated rings. The quantitative estimate of drug-likeness (QED) is 0.853. The number of aromatic nitrogens is 1. The van der Waals surface area contributed by atoms with E-state index in [9.17, 15) is 13.2 Å². The predicted octanol–water partition coefficient (Wildman–Crippen LogP) is 3.27. The van der Waals surface area contributed by atoms with E-state index in [1.807, 2.05) is 11.0 Å². The lowest BCUT2D eigenvalue weighted by atomic mass is 10.2. The summed E-state index contributed by atoms with van der Waals surface area (Å²) in [7, 11) is 0. The van der Waals surface area contributed by atoms with Crippen molar-refractivity contribution in [3.05, 3.63) is 48.0 Å². The van der Waals surface area contributed by atoms with Crippen molar-refractivity contribution in [2.45, 2.75) is 12.3 Å². The van der Waals surface area contributed by atoms with Gasteiger partial charge < -0.3 is 14.1 Å². The van der Waals surface area contributed by atoms with Gasteiger partial charge in [-0.15, -0.1) is 0 Å². The lowest BCUT2D eigenvalue weighted by molar-refractivity contribution is -0.137. The summed E-state index contributed by atoms with van der Waals surface area (Å²) in [6, 6.07) is 6.01. The van der Waals surface area contributed by atoms with Gasteiger partial charge in [0.15, 0.2) is 0 Å². The molecule has 21 heavy (non-hydrogen) atoms. The van der Waals surface area contributed by atoms with E-state index in [2.05, 4.69) is 4.98 Å². The van der Waals surface area contributed by atoms with Crippen molar-refractivity contribution < 1.29 is 22.3 Å². The maximum atomic E-state index is 12.5. The Kier molecular flexibility index (Phi) is 3.59. The second-order valence-electron chi connectivity index (χ2n) is 4.72. The van der Waals surface area contributed by atoms with E-state index in [1.165, 1.54) is 6.07 Å². The Morgan fingerprint density at radius 1 is 1.24 bits per heavy atom. The number of rotatable bonds is 2. The lowest BCUT2D eigenvalue weighted by Gasteiger charge is -2.32. The largest absolute Gasteiger partial charge is 0.467 e. The number of anilines is 1. The molecule has 112 valence electrons. The van der Waals surface area contributed by atoms with Gasteiger partial charge in [0.05, 0.1) is 25.0 Å². The highest BCUT2D eigenvalue weighted by Crippen LogP contribution is 2.30. The van der Waals surface area contributed by atoms with Gasteiger partial charge in [-0.3, -0.25) is 0 Å². The van der Waals surface area contributed by atoms with Crippen LogP contribution in [0.1, 0.15) is 17.4 Å². The fourth-order valence-corrected chi connectivity index (χ4v) is 2.24. The highest BCUT2D eigenvalue weighted by Gasteiger charge is 2.31. The molecule has 0 bridgehead atoms. The number of furan rings is 1. The normalized spacial score (nSPS) is 19.8. The average Bonchev–Trinajstić information content (AvgIpc) is 3.01. The van der Waals surface area contributed by atoms with Crippen LogP contribution in [0.15, 0.2) is 41.1 Å². The van der Waals surface area contributed by atoms with Crippen LogP contribution in [0.25, 0.3) is 0 Å². The number of morpholine rings is 1. The van der Waals surface area contributed by atoms with Gasteiger partial charge in [0.25, 0.3) is 0 Å². The first-order valence-electron chi connectivity index (χ1n) is 6.47. The lowest BCUT2D eigenvalue weighted by Crippen LogP contribution is -2.38. The van der Waals surface area contributed by atoms with Crippen LogP contribution in [0.3, 0.4) is 0 Å². The first kappa shape index (κ1) is 13.9. The summed E-state index contributed by atoms with van der Waals surface area (Å²) < 4.78 is 48.5. The monoisotopic (exact) mass is 298 g/mol. The van der Waals surface area contributed by atoms with Crippen LogP contribution in [0.2, 0.25) is 0 Å². The summed E-state index contributed by atoms with van der Waals surface area (Å²) in [6.45, 7) is 1.54. The molecule has 0 aliphatic carbocycles. The van der Waals surface area contributed by atoms with Crippen molar-refractivity contribution in [3.8, 4) is 0 Å². The second kappa shape index (κ2) is 5.40. The number of halogens is 3. The van der Waals surface area contributed by atoms with Crippen LogP contribution in [0.5, 0.6) is 0 Å². The third-order valence-corrected chi connectivity index (χ3v) is 3.33. The van der Waals surface area contributed by atoms with E-state index in [0.29, 0.717) is 31.3 Å². The Morgan fingerprint density at radius 3 is 2.71 bits per heavy atom. The van der Waals surface area contributed by atoms with Crippen LogP contribution in [-0.2, 0) is 10.9 Å². The molecular weight excluding hydrogens is 285 g/mol. The molecule has 1 atom stereocenters. The Balaban J connectivity index is 1.74. The first-order valence-corrected chi connectivity index (χ1v) is 6.47. The topological polar surface area (TPSA) is 38.5 Å². The first-order chi connectivity index (χ1) is 10.0. The fourth-order valence-electron chi connectivity index (χ4n) is 2.24. The minimum atomic E-state index is -4.37. The van der Waals surface area contributed by atoms with Crippen molar-refractivity contribution in [2.75, 3.05) is 24.6 Å². The third kappa shape index (κ3) is 3.02. The molecule has 4 nitrogen and oxygen atoms in total. The number of hydrogen-bond acceptors (Lipinski definition) is 4. The maximum Gasteiger partial charge on any atom is 0.417 e. The van der Waals surface area contributed by atoms with Crippen LogP contribution in [0, 0.1) is 0 Å². The van der Waals surface area contributed by atoms with Crippen molar-refractivity contribution in [2.24, 2.45) is 0 Å². The van der Waals surface area contributed by atoms with E-state index >= 15 is 0 Å². The molecule has 0 spiro atoms. The van der Waals surface area contributed by atoms with E-state index in [4.69, 9.17) is 9.15 Å². The second-order valence-corrected chi connectivity index (χ2v) is 4.72. The predicted molar refractivity (Wildman–Crippen MR) is 68.9 cm³/mol. The smallest absolute Gasteiger partial charge is 0.417 e. The fraction of sp³-hybridized carbons (Fsp3) is 0.357. The van der Waals surface area contributed by atoms with Gasteiger partial charge in [-0.2, -0.15) is 13.2 Å². The van der Waals surface area contributed by atoms with Gasteiger partial charge >= 0.3 is 6.18 Å². The molecule has 0 aromatic carbocycles. The van der Waals surface area contributed by atoms with Crippen LogP contribution < -0.4 is 4.90 Å². The van der Waals surface area contributed by atoms with Gasteiger partial charge in [-0.1, -0.05) is 0 Å². The minimum absolute atomic E-state index is 0.238. The highest BCUT2D eigenvalue weighted by molar-refractivity contribution is 5.40. The summed E-state index contributed by atoms with van der Waals surface area (Å²) in [6.07, 6.45) is -2.19. The summed E-state index contributed by atoms with van der Waals surface area (Å²) >= 11 is 0. The van der Waals surface area contributed by atoms with Crippen molar-refractivity contribution >= 4 is 5.82 Å². The molecule has 3 rings (SSSR count). The Morgan fingerprint density at radius 2 is 2.10 bits per heavy atom. The summed E-state index contributed by atoms with van der Waals surface area (Å²) in [5.74, 6) is 1.20. The van der Waals surface area contributed by atoms with E-state index < -0.39 is 11.7 Å². The van der Waals surface area contributed by atoms with E-state index in [0.717, 1.165) is 12.3 Å². The molecule has 2 aromatic heterocycles. The molecule has 0 N–H and O–H groups in total. The molecule has 1 unspecified atom stereocenters. The van der Waals surface area contributed by atoms with E-state index in [1.54, 1.807) is 12.3 Å².